The summed E-state index contributed by atoms with van der Waals surface area (Å²) in [6.07, 6.45) is 3.43. The van der Waals surface area contributed by atoms with Crippen molar-refractivity contribution in [3.63, 3.8) is 0 Å². The number of benzene rings is 1. The van der Waals surface area contributed by atoms with Crippen molar-refractivity contribution in [3.8, 4) is 5.69 Å². The average molecular weight is 383 g/mol. The Hall–Kier alpha value is -1.63. The molecular formula is C14H9BrClN3OS. The monoisotopic (exact) mass is 381 g/mol. The SMILES string of the molecule is O=C(Nc1cccc(Cl)c1-n1cccn1)c1ccc(Br)s1. The molecule has 0 saturated heterocycles. The molecule has 2 heterocycles. The van der Waals surface area contributed by atoms with Crippen LogP contribution >= 0.6 is 38.9 Å². The number of nitrogens with one attached hydrogen (secondary N) is 1. The highest BCUT2D eigenvalue weighted by Gasteiger charge is 2.14. The van der Waals surface area contributed by atoms with Gasteiger partial charge in [0.15, 0.2) is 0 Å². The summed E-state index contributed by atoms with van der Waals surface area (Å²) in [7, 11) is 0. The summed E-state index contributed by atoms with van der Waals surface area (Å²) in [5.74, 6) is -0.179. The van der Waals surface area contributed by atoms with Crippen LogP contribution in [0.2, 0.25) is 5.02 Å². The van der Waals surface area contributed by atoms with Crippen LogP contribution in [0, 0.1) is 0 Å². The fourth-order valence-corrected chi connectivity index (χ4v) is 3.41. The quantitative estimate of drug-likeness (QED) is 0.719. The Bertz CT molecular complexity index is 785. The van der Waals surface area contributed by atoms with Gasteiger partial charge < -0.3 is 5.32 Å². The fraction of sp³-hybridized carbons (Fsp3) is 0. The molecule has 1 aromatic carbocycles. The Labute approximate surface area is 138 Å². The molecule has 0 saturated carbocycles. The molecule has 0 aliphatic rings. The number of amides is 1. The van der Waals surface area contributed by atoms with E-state index >= 15 is 0 Å². The van der Waals surface area contributed by atoms with E-state index in [9.17, 15) is 4.79 Å². The third kappa shape index (κ3) is 3.02. The van der Waals surface area contributed by atoms with Crippen LogP contribution in [-0.2, 0) is 0 Å². The highest BCUT2D eigenvalue weighted by Crippen LogP contribution is 2.29. The first-order valence-electron chi connectivity index (χ1n) is 6.00. The molecule has 1 amide bonds. The zero-order chi connectivity index (χ0) is 14.8. The van der Waals surface area contributed by atoms with Gasteiger partial charge in [0.05, 0.1) is 19.4 Å². The lowest BCUT2D eigenvalue weighted by Crippen LogP contribution is -2.13. The molecule has 1 N–H and O–H groups in total. The molecule has 21 heavy (non-hydrogen) atoms. The van der Waals surface area contributed by atoms with E-state index in [0.717, 1.165) is 3.79 Å². The van der Waals surface area contributed by atoms with Crippen molar-refractivity contribution in [1.29, 1.82) is 0 Å². The summed E-state index contributed by atoms with van der Waals surface area (Å²) in [5.41, 5.74) is 1.26. The van der Waals surface area contributed by atoms with E-state index in [1.165, 1.54) is 11.3 Å². The molecule has 0 radical (unpaired) electrons. The molecule has 0 aliphatic heterocycles. The van der Waals surface area contributed by atoms with Crippen molar-refractivity contribution in [2.45, 2.75) is 0 Å². The van der Waals surface area contributed by atoms with Gasteiger partial charge in [-0.3, -0.25) is 4.79 Å². The van der Waals surface area contributed by atoms with Gasteiger partial charge >= 0.3 is 0 Å². The van der Waals surface area contributed by atoms with Crippen LogP contribution in [0.4, 0.5) is 5.69 Å². The zero-order valence-corrected chi connectivity index (χ0v) is 13.7. The predicted octanol–water partition coefficient (Wildman–Crippen LogP) is 4.60. The molecule has 0 atom stereocenters. The molecule has 3 rings (SSSR count). The van der Waals surface area contributed by atoms with Gasteiger partial charge in [0.1, 0.15) is 5.69 Å². The molecule has 7 heteroatoms. The van der Waals surface area contributed by atoms with Crippen molar-refractivity contribution in [2.24, 2.45) is 0 Å². The molecule has 0 aliphatic carbocycles. The van der Waals surface area contributed by atoms with Crippen molar-refractivity contribution >= 4 is 50.5 Å². The summed E-state index contributed by atoms with van der Waals surface area (Å²) in [6.45, 7) is 0. The lowest BCUT2D eigenvalue weighted by atomic mass is 10.2. The molecular weight excluding hydrogens is 374 g/mol. The zero-order valence-electron chi connectivity index (χ0n) is 10.6. The molecule has 4 nitrogen and oxygen atoms in total. The minimum absolute atomic E-state index is 0.179. The third-order valence-corrected chi connectivity index (χ3v) is 4.69. The summed E-state index contributed by atoms with van der Waals surface area (Å²) in [5, 5.41) is 7.56. The maximum absolute atomic E-state index is 12.3. The Balaban J connectivity index is 1.96. The van der Waals surface area contributed by atoms with Gasteiger partial charge in [-0.05, 0) is 46.3 Å². The number of hydrogen-bond acceptors (Lipinski definition) is 3. The van der Waals surface area contributed by atoms with Gasteiger partial charge in [-0.25, -0.2) is 4.68 Å². The molecule has 0 bridgehead atoms. The number of halogens is 2. The molecule has 0 unspecified atom stereocenters. The normalized spacial score (nSPS) is 10.6. The second-order valence-electron chi connectivity index (χ2n) is 4.14. The number of aromatic nitrogens is 2. The minimum atomic E-state index is -0.179. The van der Waals surface area contributed by atoms with Crippen LogP contribution in [0.3, 0.4) is 0 Å². The predicted molar refractivity (Wildman–Crippen MR) is 88.5 cm³/mol. The number of rotatable bonds is 3. The van der Waals surface area contributed by atoms with Crippen LogP contribution in [0.15, 0.2) is 52.6 Å². The third-order valence-electron chi connectivity index (χ3n) is 2.77. The van der Waals surface area contributed by atoms with Crippen molar-refractivity contribution in [1.82, 2.24) is 9.78 Å². The number of carbonyl (C=O) groups excluding carboxylic acids is 1. The maximum atomic E-state index is 12.3. The van der Waals surface area contributed by atoms with E-state index in [2.05, 4.69) is 26.3 Å². The van der Waals surface area contributed by atoms with Crippen LogP contribution in [0.5, 0.6) is 0 Å². The Morgan fingerprint density at radius 2 is 2.14 bits per heavy atom. The first-order valence-corrected chi connectivity index (χ1v) is 7.99. The Kier molecular flexibility index (Phi) is 4.10. The van der Waals surface area contributed by atoms with Crippen molar-refractivity contribution < 1.29 is 4.79 Å². The Morgan fingerprint density at radius 1 is 1.29 bits per heavy atom. The van der Waals surface area contributed by atoms with Gasteiger partial charge in [0.25, 0.3) is 5.91 Å². The summed E-state index contributed by atoms with van der Waals surface area (Å²) in [6, 6.07) is 10.7. The Morgan fingerprint density at radius 3 is 2.81 bits per heavy atom. The van der Waals surface area contributed by atoms with Gasteiger partial charge in [-0.1, -0.05) is 17.7 Å². The summed E-state index contributed by atoms with van der Waals surface area (Å²) >= 11 is 11.0. The number of thiophene rings is 1. The van der Waals surface area contributed by atoms with E-state index < -0.39 is 0 Å². The number of para-hydroxylation sites is 1. The van der Waals surface area contributed by atoms with E-state index in [1.807, 2.05) is 6.07 Å². The molecule has 0 fully saturated rings. The molecule has 0 spiro atoms. The minimum Gasteiger partial charge on any atom is -0.319 e. The van der Waals surface area contributed by atoms with Crippen LogP contribution in [0.25, 0.3) is 5.69 Å². The van der Waals surface area contributed by atoms with Gasteiger partial charge in [0.2, 0.25) is 0 Å². The lowest BCUT2D eigenvalue weighted by Gasteiger charge is -2.12. The highest BCUT2D eigenvalue weighted by atomic mass is 79.9. The van der Waals surface area contributed by atoms with Gasteiger partial charge in [-0.2, -0.15) is 5.10 Å². The molecule has 106 valence electrons. The molecule has 2 aromatic heterocycles. The van der Waals surface area contributed by atoms with Crippen molar-refractivity contribution in [2.75, 3.05) is 5.32 Å². The standard InChI is InChI=1S/C14H9BrClN3OS/c15-12-6-5-11(21-12)14(20)18-10-4-1-3-9(16)13(10)19-8-2-7-17-19/h1-8H,(H,18,20). The summed E-state index contributed by atoms with van der Waals surface area (Å²) < 4.78 is 2.54. The lowest BCUT2D eigenvalue weighted by molar-refractivity contribution is 0.103. The fourth-order valence-electron chi connectivity index (χ4n) is 1.87. The summed E-state index contributed by atoms with van der Waals surface area (Å²) in [4.78, 5) is 12.9. The van der Waals surface area contributed by atoms with Gasteiger partial charge in [-0.15, -0.1) is 11.3 Å². The van der Waals surface area contributed by atoms with Gasteiger partial charge in [0, 0.05) is 12.4 Å². The van der Waals surface area contributed by atoms with Crippen LogP contribution < -0.4 is 5.32 Å². The van der Waals surface area contributed by atoms with E-state index in [-0.39, 0.29) is 5.91 Å². The smallest absolute Gasteiger partial charge is 0.265 e. The van der Waals surface area contributed by atoms with Crippen LogP contribution in [0.1, 0.15) is 9.67 Å². The second kappa shape index (κ2) is 6.01. The average Bonchev–Trinajstić information content (AvgIpc) is 3.10. The van der Waals surface area contributed by atoms with E-state index in [4.69, 9.17) is 11.6 Å². The highest BCUT2D eigenvalue weighted by molar-refractivity contribution is 9.11. The largest absolute Gasteiger partial charge is 0.319 e. The number of anilines is 1. The number of nitrogens with zero attached hydrogens (tertiary/aromatic N) is 2. The number of carbonyl (C=O) groups is 1. The topological polar surface area (TPSA) is 46.9 Å². The van der Waals surface area contributed by atoms with Crippen LogP contribution in [-0.4, -0.2) is 15.7 Å². The first-order chi connectivity index (χ1) is 10.1. The maximum Gasteiger partial charge on any atom is 0.265 e. The van der Waals surface area contributed by atoms with E-state index in [0.29, 0.717) is 21.3 Å². The van der Waals surface area contributed by atoms with Crippen molar-refractivity contribution in [3.05, 3.63) is 62.5 Å². The molecule has 3 aromatic rings. The first kappa shape index (κ1) is 14.3. The van der Waals surface area contributed by atoms with E-state index in [1.54, 1.807) is 47.4 Å². The second-order valence-corrected chi connectivity index (χ2v) is 7.01. The number of hydrogen-bond donors (Lipinski definition) is 1.